The fourth-order valence-corrected chi connectivity index (χ4v) is 8.19. The molecule has 0 aromatic carbocycles. The zero-order valence-corrected chi connectivity index (χ0v) is 37.9. The van der Waals surface area contributed by atoms with Crippen LogP contribution in [-0.2, 0) is 32.2 Å². The van der Waals surface area contributed by atoms with Gasteiger partial charge in [0.25, 0.3) is 17.4 Å². The Morgan fingerprint density at radius 2 is 1.23 bits per heavy atom. The van der Waals surface area contributed by atoms with Crippen molar-refractivity contribution in [3.8, 4) is 22.5 Å². The molecule has 0 unspecified atom stereocenters. The lowest BCUT2D eigenvalue weighted by Crippen LogP contribution is -2.18. The first-order chi connectivity index (χ1) is 29.6. The van der Waals surface area contributed by atoms with Gasteiger partial charge in [0, 0.05) is 68.7 Å². The number of carbonyl (C=O) groups is 2. The minimum Gasteiger partial charge on any atom is -0.472 e. The fraction of sp³-hybridized carbons (Fsp3) is 0.227. The molecule has 0 atom stereocenters. The molecule has 0 aliphatic rings. The molecule has 0 radical (unpaired) electrons. The van der Waals surface area contributed by atoms with Gasteiger partial charge in [-0.15, -0.1) is 22.7 Å². The highest BCUT2D eigenvalue weighted by atomic mass is 79.9. The van der Waals surface area contributed by atoms with E-state index in [0.29, 0.717) is 53.0 Å². The highest BCUT2D eigenvalue weighted by Gasteiger charge is 2.20. The Labute approximate surface area is 377 Å². The van der Waals surface area contributed by atoms with Gasteiger partial charge in [0.1, 0.15) is 12.5 Å². The van der Waals surface area contributed by atoms with E-state index in [4.69, 9.17) is 32.0 Å². The molecule has 8 heterocycles. The fourth-order valence-electron chi connectivity index (χ4n) is 6.02. The monoisotopic (exact) mass is 962 g/mol. The number of aromatic amines is 1. The van der Waals surface area contributed by atoms with Crippen LogP contribution in [0.3, 0.4) is 0 Å². The summed E-state index contributed by atoms with van der Waals surface area (Å²) in [4.78, 5) is 54.6. The van der Waals surface area contributed by atoms with Crippen LogP contribution in [0.25, 0.3) is 22.5 Å². The number of thiophene rings is 2. The molecule has 0 amide bonds. The van der Waals surface area contributed by atoms with Crippen molar-refractivity contribution in [2.75, 3.05) is 5.33 Å². The van der Waals surface area contributed by atoms with Crippen molar-refractivity contribution in [2.45, 2.75) is 58.9 Å². The summed E-state index contributed by atoms with van der Waals surface area (Å²) < 4.78 is 16.0. The van der Waals surface area contributed by atoms with Crippen molar-refractivity contribution in [3.63, 3.8) is 0 Å². The zero-order valence-electron chi connectivity index (χ0n) is 33.2. The summed E-state index contributed by atoms with van der Waals surface area (Å²) in [7, 11) is 0. The third-order valence-electron chi connectivity index (χ3n) is 9.02. The number of hydrogen-bond donors (Lipinski definition) is 1. The standard InChI is InChI=1S/C22H20ClN3O3S.C19H14ClN3O3S.C3H7Br/c1-2-9-25-10-7-15(12-21(25)27)19-13-17(3-4-18-5-6-20(23)30-18)26(24-19)22(28)16-8-11-29-14-16;20-17-4-3-15(27-17)2-1-14-10-16(12-5-7-21-18(24)9-12)22-23(14)19(25)13-6-8-26-11-13;1-2-3-4/h5-8,10-14H,2-4,9H2,1H3;3-11H,1-2H2,(H,21,24);2-3H2,1H3. The molecule has 0 spiro atoms. The van der Waals surface area contributed by atoms with Crippen molar-refractivity contribution in [3.05, 3.63) is 172 Å². The van der Waals surface area contributed by atoms with Crippen LogP contribution in [0.15, 0.2) is 129 Å². The molecule has 8 rings (SSSR count). The summed E-state index contributed by atoms with van der Waals surface area (Å²) in [5.41, 5.74) is 4.53. The van der Waals surface area contributed by atoms with Crippen molar-refractivity contribution in [1.82, 2.24) is 29.1 Å². The maximum absolute atomic E-state index is 13.0. The van der Waals surface area contributed by atoms with Gasteiger partial charge in [0.15, 0.2) is 0 Å². The second kappa shape index (κ2) is 22.0. The Balaban J connectivity index is 0.000000189. The van der Waals surface area contributed by atoms with Gasteiger partial charge < -0.3 is 18.4 Å². The van der Waals surface area contributed by atoms with Gasteiger partial charge in [-0.3, -0.25) is 19.2 Å². The Hall–Kier alpha value is -5.32. The van der Waals surface area contributed by atoms with Crippen LogP contribution < -0.4 is 11.1 Å². The third-order valence-corrected chi connectivity index (χ3v) is 12.4. The molecule has 316 valence electrons. The first-order valence-electron chi connectivity index (χ1n) is 19.3. The first kappa shape index (κ1) is 45.2. The van der Waals surface area contributed by atoms with Crippen molar-refractivity contribution >= 4 is 73.6 Å². The summed E-state index contributed by atoms with van der Waals surface area (Å²) in [6.45, 7) is 4.83. The number of nitrogens with zero attached hydrogens (tertiary/aromatic N) is 5. The van der Waals surface area contributed by atoms with Gasteiger partial charge in [-0.2, -0.15) is 10.2 Å². The van der Waals surface area contributed by atoms with E-state index >= 15 is 0 Å². The van der Waals surface area contributed by atoms with Gasteiger partial charge >= 0.3 is 0 Å². The van der Waals surface area contributed by atoms with E-state index in [-0.39, 0.29) is 22.9 Å². The molecule has 8 aromatic heterocycles. The number of hydrogen-bond acceptors (Lipinski definition) is 10. The van der Waals surface area contributed by atoms with Crippen LogP contribution in [0.5, 0.6) is 0 Å². The third kappa shape index (κ3) is 12.2. The Morgan fingerprint density at radius 3 is 1.64 bits per heavy atom. The normalized spacial score (nSPS) is 10.8. The Kier molecular flexibility index (Phi) is 16.3. The number of furan rings is 2. The van der Waals surface area contributed by atoms with Crippen molar-refractivity contribution < 1.29 is 18.4 Å². The summed E-state index contributed by atoms with van der Waals surface area (Å²) in [5.74, 6) is -0.549. The molecule has 0 saturated carbocycles. The number of rotatable bonds is 13. The number of nitrogens with one attached hydrogen (secondary N) is 1. The highest BCUT2D eigenvalue weighted by molar-refractivity contribution is 9.09. The number of aromatic nitrogens is 6. The minimum atomic E-state index is -0.279. The first-order valence-corrected chi connectivity index (χ1v) is 22.8. The van der Waals surface area contributed by atoms with E-state index in [1.807, 2.05) is 49.4 Å². The molecule has 1 N–H and O–H groups in total. The summed E-state index contributed by atoms with van der Waals surface area (Å²) in [6, 6.07) is 21.2. The van der Waals surface area contributed by atoms with E-state index in [2.05, 4.69) is 38.0 Å². The van der Waals surface area contributed by atoms with Crippen LogP contribution in [0.1, 0.15) is 68.5 Å². The van der Waals surface area contributed by atoms with E-state index in [9.17, 15) is 19.2 Å². The van der Waals surface area contributed by atoms with Crippen LogP contribution in [0.4, 0.5) is 0 Å². The number of halogens is 3. The van der Waals surface area contributed by atoms with Crippen LogP contribution in [0, 0.1) is 0 Å². The smallest absolute Gasteiger partial charge is 0.281 e. The Morgan fingerprint density at radius 1 is 0.705 bits per heavy atom. The predicted molar refractivity (Wildman–Crippen MR) is 245 cm³/mol. The van der Waals surface area contributed by atoms with Crippen LogP contribution >= 0.6 is 61.8 Å². The average molecular weight is 965 g/mol. The maximum atomic E-state index is 13.0. The number of pyridine rings is 2. The Bertz CT molecular complexity index is 2780. The van der Waals surface area contributed by atoms with E-state index < -0.39 is 0 Å². The summed E-state index contributed by atoms with van der Waals surface area (Å²) in [5, 5.41) is 10.1. The molecule has 61 heavy (non-hydrogen) atoms. The molecule has 12 nitrogen and oxygen atoms in total. The molecule has 8 aromatic rings. The summed E-state index contributed by atoms with van der Waals surface area (Å²) >= 11 is 18.3. The number of H-pyrrole nitrogens is 1. The van der Waals surface area contributed by atoms with Crippen molar-refractivity contribution in [2.24, 2.45) is 0 Å². The van der Waals surface area contributed by atoms with Gasteiger partial charge in [0.05, 0.1) is 43.7 Å². The quantitative estimate of drug-likeness (QED) is 0.112. The second-order valence-electron chi connectivity index (χ2n) is 13.5. The lowest BCUT2D eigenvalue weighted by Gasteiger charge is -2.04. The molecule has 0 fully saturated rings. The number of carbonyl (C=O) groups excluding carboxylic acids is 2. The van der Waals surface area contributed by atoms with Gasteiger partial charge in [-0.25, -0.2) is 9.36 Å². The van der Waals surface area contributed by atoms with Crippen LogP contribution in [-0.4, -0.2) is 46.3 Å². The van der Waals surface area contributed by atoms with Crippen LogP contribution in [0.2, 0.25) is 8.67 Å². The van der Waals surface area contributed by atoms with E-state index in [0.717, 1.165) is 54.4 Å². The van der Waals surface area contributed by atoms with E-state index in [1.54, 1.807) is 41.2 Å². The topological polar surface area (TPSA) is 151 Å². The van der Waals surface area contributed by atoms with E-state index in [1.165, 1.54) is 69.6 Å². The lowest BCUT2D eigenvalue weighted by molar-refractivity contribution is 0.0933. The molecular formula is C44H41BrCl2N6O6S2. The molecule has 17 heteroatoms. The number of aryl methyl sites for hydroxylation is 5. The van der Waals surface area contributed by atoms with Gasteiger partial charge in [-0.1, -0.05) is 53.0 Å². The van der Waals surface area contributed by atoms with Crippen molar-refractivity contribution in [1.29, 1.82) is 0 Å². The minimum absolute atomic E-state index is 0.0835. The lowest BCUT2D eigenvalue weighted by atomic mass is 10.1. The highest BCUT2D eigenvalue weighted by Crippen LogP contribution is 2.26. The van der Waals surface area contributed by atoms with Gasteiger partial charge in [0.2, 0.25) is 5.56 Å². The van der Waals surface area contributed by atoms with Gasteiger partial charge in [-0.05, 0) is 99.2 Å². The largest absolute Gasteiger partial charge is 0.472 e. The maximum Gasteiger partial charge on any atom is 0.281 e. The molecule has 0 bridgehead atoms. The summed E-state index contributed by atoms with van der Waals surface area (Å²) in [6.07, 6.45) is 13.8. The number of alkyl halides is 1. The average Bonchev–Trinajstić information content (AvgIpc) is 4.13. The predicted octanol–water partition coefficient (Wildman–Crippen LogP) is 10.7. The zero-order chi connectivity index (χ0) is 43.3. The molecular weight excluding hydrogens is 923 g/mol. The molecule has 0 saturated heterocycles. The SMILES string of the molecule is CCCBr.CCCn1ccc(-c2cc(CCc3ccc(Cl)s3)n(C(=O)c3ccoc3)n2)cc1=O.O=C(c1ccoc1)n1nc(-c2cc[nH]c(=O)c2)cc1CCc1ccc(Cl)s1. The molecule has 0 aliphatic heterocycles. The molecule has 0 aliphatic carbocycles. The second-order valence-corrected chi connectivity index (χ2v) is 17.9.